The molecule has 2 rings (SSSR count). The summed E-state index contributed by atoms with van der Waals surface area (Å²) < 4.78 is 5.27. The molecule has 92 valence electrons. The van der Waals surface area contributed by atoms with E-state index in [1.165, 1.54) is 12.8 Å². The van der Waals surface area contributed by atoms with E-state index in [-0.39, 0.29) is 12.1 Å². The lowest BCUT2D eigenvalue weighted by Crippen LogP contribution is -2.43. The second-order valence-electron chi connectivity index (χ2n) is 5.91. The number of ether oxygens (including phenoxy) is 1. The number of carbonyl (C=O) groups is 1. The lowest BCUT2D eigenvalue weighted by Gasteiger charge is -2.24. The molecule has 1 saturated carbocycles. The zero-order valence-electron chi connectivity index (χ0n) is 10.4. The molecule has 0 bridgehead atoms. The van der Waals surface area contributed by atoms with Gasteiger partial charge in [0.25, 0.3) is 0 Å². The minimum atomic E-state index is -0.412. The summed E-state index contributed by atoms with van der Waals surface area (Å²) in [6.07, 6.45) is 2.35. The minimum Gasteiger partial charge on any atom is -0.444 e. The van der Waals surface area contributed by atoms with E-state index in [4.69, 9.17) is 4.74 Å². The average molecular weight is 226 g/mol. The molecular formula is C12H22N2O2. The van der Waals surface area contributed by atoms with Crippen LogP contribution in [0.4, 0.5) is 4.79 Å². The molecule has 2 N–H and O–H groups in total. The highest BCUT2D eigenvalue weighted by molar-refractivity contribution is 5.68. The number of hydrogen-bond acceptors (Lipinski definition) is 3. The van der Waals surface area contributed by atoms with Gasteiger partial charge in [0.15, 0.2) is 0 Å². The topological polar surface area (TPSA) is 50.4 Å². The van der Waals surface area contributed by atoms with Crippen LogP contribution in [0.2, 0.25) is 0 Å². The van der Waals surface area contributed by atoms with E-state index in [1.54, 1.807) is 0 Å². The maximum Gasteiger partial charge on any atom is 0.407 e. The van der Waals surface area contributed by atoms with Crippen LogP contribution in [-0.2, 0) is 4.74 Å². The Balaban J connectivity index is 1.81. The normalized spacial score (nSPS) is 30.2. The lowest BCUT2D eigenvalue weighted by molar-refractivity contribution is 0.0495. The molecular weight excluding hydrogens is 204 g/mol. The molecule has 0 unspecified atom stereocenters. The van der Waals surface area contributed by atoms with Crippen LogP contribution in [0, 0.1) is 11.8 Å². The van der Waals surface area contributed by atoms with Crippen LogP contribution >= 0.6 is 0 Å². The third kappa shape index (κ3) is 3.11. The van der Waals surface area contributed by atoms with Gasteiger partial charge in [-0.25, -0.2) is 4.79 Å². The third-order valence-corrected chi connectivity index (χ3v) is 3.19. The van der Waals surface area contributed by atoms with Gasteiger partial charge in [0.2, 0.25) is 0 Å². The molecule has 0 radical (unpaired) electrons. The van der Waals surface area contributed by atoms with Gasteiger partial charge in [-0.2, -0.15) is 0 Å². The first-order chi connectivity index (χ1) is 7.46. The van der Waals surface area contributed by atoms with Gasteiger partial charge in [0, 0.05) is 19.1 Å². The van der Waals surface area contributed by atoms with E-state index in [2.05, 4.69) is 10.6 Å². The SMILES string of the molecule is CC(C)(C)OC(=O)N[C@@H]1CNC[C@@H]1C1CC1. The predicted octanol–water partition coefficient (Wildman–Crippen LogP) is 1.51. The third-order valence-electron chi connectivity index (χ3n) is 3.19. The van der Waals surface area contributed by atoms with Crippen LogP contribution in [0.5, 0.6) is 0 Å². The van der Waals surface area contributed by atoms with Crippen LogP contribution in [0.15, 0.2) is 0 Å². The number of rotatable bonds is 2. The van der Waals surface area contributed by atoms with E-state index in [0.29, 0.717) is 5.92 Å². The van der Waals surface area contributed by atoms with Crippen molar-refractivity contribution in [3.63, 3.8) is 0 Å². The van der Waals surface area contributed by atoms with Crippen molar-refractivity contribution in [1.29, 1.82) is 0 Å². The molecule has 0 aromatic rings. The molecule has 4 nitrogen and oxygen atoms in total. The predicted molar refractivity (Wildman–Crippen MR) is 62.2 cm³/mol. The Labute approximate surface area is 97.1 Å². The lowest BCUT2D eigenvalue weighted by atomic mass is 9.98. The van der Waals surface area contributed by atoms with Gasteiger partial charge in [-0.15, -0.1) is 0 Å². The van der Waals surface area contributed by atoms with E-state index < -0.39 is 5.60 Å². The molecule has 2 aliphatic rings. The molecule has 1 aliphatic heterocycles. The fraction of sp³-hybridized carbons (Fsp3) is 0.917. The summed E-state index contributed by atoms with van der Waals surface area (Å²) in [7, 11) is 0. The number of carbonyl (C=O) groups excluding carboxylic acids is 1. The molecule has 1 heterocycles. The van der Waals surface area contributed by atoms with Crippen LogP contribution in [-0.4, -0.2) is 30.8 Å². The van der Waals surface area contributed by atoms with E-state index in [9.17, 15) is 4.79 Å². The summed E-state index contributed by atoms with van der Waals surface area (Å²) in [6, 6.07) is 0.252. The smallest absolute Gasteiger partial charge is 0.407 e. The highest BCUT2D eigenvalue weighted by atomic mass is 16.6. The minimum absolute atomic E-state index is 0.252. The Hall–Kier alpha value is -0.770. The first kappa shape index (κ1) is 11.7. The van der Waals surface area contributed by atoms with Gasteiger partial charge < -0.3 is 15.4 Å². The summed E-state index contributed by atoms with van der Waals surface area (Å²) in [6.45, 7) is 7.57. The number of nitrogens with one attached hydrogen (secondary N) is 2. The zero-order valence-corrected chi connectivity index (χ0v) is 10.4. The second kappa shape index (κ2) is 4.24. The fourth-order valence-corrected chi connectivity index (χ4v) is 2.34. The van der Waals surface area contributed by atoms with Crippen LogP contribution in [0.1, 0.15) is 33.6 Å². The standard InChI is InChI=1S/C12H22N2O2/c1-12(2,3)16-11(15)14-10-7-13-6-9(10)8-4-5-8/h8-10,13H,4-7H2,1-3H3,(H,14,15)/t9-,10-/m1/s1. The van der Waals surface area contributed by atoms with Gasteiger partial charge in [-0.05, 0) is 45.4 Å². The van der Waals surface area contributed by atoms with Gasteiger partial charge in [0.1, 0.15) is 5.60 Å². The van der Waals surface area contributed by atoms with Gasteiger partial charge in [-0.1, -0.05) is 0 Å². The van der Waals surface area contributed by atoms with Crippen molar-refractivity contribution in [3.8, 4) is 0 Å². The Morgan fingerprint density at radius 3 is 2.56 bits per heavy atom. The first-order valence-corrected chi connectivity index (χ1v) is 6.16. The Morgan fingerprint density at radius 2 is 2.00 bits per heavy atom. The van der Waals surface area contributed by atoms with E-state index in [0.717, 1.165) is 19.0 Å². The maximum atomic E-state index is 11.6. The second-order valence-corrected chi connectivity index (χ2v) is 5.91. The van der Waals surface area contributed by atoms with Crippen LogP contribution in [0.3, 0.4) is 0 Å². The molecule has 1 saturated heterocycles. The summed E-state index contributed by atoms with van der Waals surface area (Å²) in [4.78, 5) is 11.6. The van der Waals surface area contributed by atoms with Crippen molar-refractivity contribution in [2.75, 3.05) is 13.1 Å². The average Bonchev–Trinajstić information content (AvgIpc) is 2.85. The number of amides is 1. The summed E-state index contributed by atoms with van der Waals surface area (Å²) in [5.41, 5.74) is -0.412. The summed E-state index contributed by atoms with van der Waals surface area (Å²) in [5, 5.41) is 6.32. The molecule has 0 spiro atoms. The Morgan fingerprint density at radius 1 is 1.31 bits per heavy atom. The molecule has 0 aromatic heterocycles. The van der Waals surface area contributed by atoms with Crippen molar-refractivity contribution >= 4 is 6.09 Å². The molecule has 2 fully saturated rings. The molecule has 0 aromatic carbocycles. The molecule has 16 heavy (non-hydrogen) atoms. The number of alkyl carbamates (subject to hydrolysis) is 1. The van der Waals surface area contributed by atoms with Crippen molar-refractivity contribution in [3.05, 3.63) is 0 Å². The Kier molecular flexibility index (Phi) is 3.10. The summed E-state index contributed by atoms with van der Waals surface area (Å²) in [5.74, 6) is 1.42. The molecule has 4 heteroatoms. The Bertz CT molecular complexity index is 269. The van der Waals surface area contributed by atoms with Crippen molar-refractivity contribution in [2.24, 2.45) is 11.8 Å². The molecule has 1 aliphatic carbocycles. The fourth-order valence-electron chi connectivity index (χ4n) is 2.34. The van der Waals surface area contributed by atoms with Gasteiger partial charge in [0.05, 0.1) is 0 Å². The van der Waals surface area contributed by atoms with E-state index >= 15 is 0 Å². The van der Waals surface area contributed by atoms with Crippen molar-refractivity contribution < 1.29 is 9.53 Å². The quantitative estimate of drug-likeness (QED) is 0.750. The molecule has 2 atom stereocenters. The first-order valence-electron chi connectivity index (χ1n) is 6.16. The van der Waals surface area contributed by atoms with Crippen LogP contribution in [0.25, 0.3) is 0 Å². The monoisotopic (exact) mass is 226 g/mol. The van der Waals surface area contributed by atoms with Crippen molar-refractivity contribution in [1.82, 2.24) is 10.6 Å². The van der Waals surface area contributed by atoms with Gasteiger partial charge in [-0.3, -0.25) is 0 Å². The maximum absolute atomic E-state index is 11.6. The zero-order chi connectivity index (χ0) is 11.8. The molecule has 1 amide bonds. The van der Waals surface area contributed by atoms with Crippen LogP contribution < -0.4 is 10.6 Å². The van der Waals surface area contributed by atoms with Crippen molar-refractivity contribution in [2.45, 2.75) is 45.3 Å². The number of hydrogen-bond donors (Lipinski definition) is 2. The van der Waals surface area contributed by atoms with Gasteiger partial charge >= 0.3 is 6.09 Å². The van der Waals surface area contributed by atoms with E-state index in [1.807, 2.05) is 20.8 Å². The summed E-state index contributed by atoms with van der Waals surface area (Å²) >= 11 is 0. The highest BCUT2D eigenvalue weighted by Gasteiger charge is 2.40. The largest absolute Gasteiger partial charge is 0.444 e. The highest BCUT2D eigenvalue weighted by Crippen LogP contribution is 2.39.